The predicted octanol–water partition coefficient (Wildman–Crippen LogP) is 6.93. The molecule has 0 bridgehead atoms. The van der Waals surface area contributed by atoms with Crippen LogP contribution in [-0.2, 0) is 38.5 Å². The highest BCUT2D eigenvalue weighted by Gasteiger charge is 2.40. The number of imidazole rings is 2. The van der Waals surface area contributed by atoms with Gasteiger partial charge in [-0.3, -0.25) is 9.59 Å². The van der Waals surface area contributed by atoms with Gasteiger partial charge in [-0.1, -0.05) is 56.3 Å². The Kier molecular flexibility index (Phi) is 10.7. The molecule has 3 aromatic carbocycles. The van der Waals surface area contributed by atoms with Gasteiger partial charge in [0.25, 0.3) is 5.91 Å². The topological polar surface area (TPSA) is 184 Å². The second-order valence-corrected chi connectivity index (χ2v) is 16.5. The van der Waals surface area contributed by atoms with Crippen LogP contribution in [0.4, 0.5) is 9.59 Å². The van der Waals surface area contributed by atoms with Gasteiger partial charge in [-0.05, 0) is 90.5 Å². The Hall–Kier alpha value is -6.64. The molecule has 0 saturated carbocycles. The van der Waals surface area contributed by atoms with E-state index in [-0.39, 0.29) is 29.8 Å². The number of fused-ring (bicyclic) bond motifs is 6. The number of H-pyrrole nitrogens is 2. The summed E-state index contributed by atoms with van der Waals surface area (Å²) in [5.74, 6) is 1.80. The normalized spacial score (nSPS) is 18.6. The second kappa shape index (κ2) is 16.4. The van der Waals surface area contributed by atoms with Crippen molar-refractivity contribution in [1.29, 1.82) is 0 Å². The van der Waals surface area contributed by atoms with Crippen LogP contribution in [-0.4, -0.2) is 87.1 Å². The summed E-state index contributed by atoms with van der Waals surface area (Å²) in [5.41, 5.74) is 9.85. The molecule has 15 nitrogen and oxygen atoms in total. The van der Waals surface area contributed by atoms with E-state index in [0.29, 0.717) is 31.1 Å². The lowest BCUT2D eigenvalue weighted by Crippen LogP contribution is -2.51. The van der Waals surface area contributed by atoms with Crippen molar-refractivity contribution in [3.8, 4) is 39.4 Å². The third kappa shape index (κ3) is 7.46. The zero-order chi connectivity index (χ0) is 42.4. The molecule has 4 amide bonds. The summed E-state index contributed by atoms with van der Waals surface area (Å²) >= 11 is 0. The van der Waals surface area contributed by atoms with E-state index < -0.39 is 24.3 Å². The maximum atomic E-state index is 14.0. The molecular formula is C46H50N8O7. The molecule has 9 rings (SSSR count). The first-order valence-corrected chi connectivity index (χ1v) is 21.0. The number of nitrogens with zero attached hydrogens (tertiary/aromatic N) is 4. The molecular weight excluding hydrogens is 777 g/mol. The highest BCUT2D eigenvalue weighted by atomic mass is 16.5. The van der Waals surface area contributed by atoms with Crippen LogP contribution in [0, 0.1) is 5.92 Å². The van der Waals surface area contributed by atoms with Crippen molar-refractivity contribution in [2.45, 2.75) is 83.1 Å². The fourth-order valence-corrected chi connectivity index (χ4v) is 9.37. The monoisotopic (exact) mass is 826 g/mol. The van der Waals surface area contributed by atoms with Crippen LogP contribution in [0.25, 0.3) is 33.6 Å². The molecule has 2 aromatic heterocycles. The molecule has 1 aliphatic carbocycles. The maximum Gasteiger partial charge on any atom is 0.407 e. The molecule has 61 heavy (non-hydrogen) atoms. The van der Waals surface area contributed by atoms with E-state index in [0.717, 1.165) is 95.0 Å². The standard InChI is InChI=1S/C46H50N8O7/c1-25(2)38(51-45(57)59-3)43(55)54-19-9-13-36(54)42-48-33-17-15-27-21-32-30-16-14-28(20-29(30)24-61-37(32)22-31(27)40(33)50-42)34-23-47-41(49-34)35-12-8-18-53(35)44(56)39(52-46(58)60-4)26-10-6-5-7-11-26/h5-7,10-11,14,16,20-23,25,35-36,38-39H,8-9,12-13,15,17-19,24H2,1-4H3,(H,47,49)(H,48,50)(H,51,57)(H,52,58)/t35?,36-,38-,39+/m0/s1. The Labute approximate surface area is 353 Å². The Morgan fingerprint density at radius 2 is 1.51 bits per heavy atom. The van der Waals surface area contributed by atoms with Gasteiger partial charge in [0.1, 0.15) is 36.1 Å². The van der Waals surface area contributed by atoms with Gasteiger partial charge in [0.15, 0.2) is 0 Å². The van der Waals surface area contributed by atoms with E-state index in [1.807, 2.05) is 55.3 Å². The van der Waals surface area contributed by atoms with E-state index in [4.69, 9.17) is 24.2 Å². The molecule has 5 aromatic rings. The highest BCUT2D eigenvalue weighted by Crippen LogP contribution is 2.46. The van der Waals surface area contributed by atoms with Crippen molar-refractivity contribution in [2.75, 3.05) is 27.3 Å². The van der Waals surface area contributed by atoms with Crippen LogP contribution in [0.5, 0.6) is 5.75 Å². The van der Waals surface area contributed by atoms with E-state index >= 15 is 0 Å². The number of hydrogen-bond acceptors (Lipinski definition) is 9. The van der Waals surface area contributed by atoms with Gasteiger partial charge in [0, 0.05) is 29.9 Å². The Balaban J connectivity index is 0.934. The van der Waals surface area contributed by atoms with Gasteiger partial charge < -0.3 is 44.6 Å². The summed E-state index contributed by atoms with van der Waals surface area (Å²) in [4.78, 5) is 72.8. The molecule has 1 unspecified atom stereocenters. The molecule has 4 N–H and O–H groups in total. The number of likely N-dealkylation sites (tertiary alicyclic amines) is 2. The number of nitrogens with one attached hydrogen (secondary N) is 4. The van der Waals surface area contributed by atoms with Crippen LogP contribution >= 0.6 is 0 Å². The first-order chi connectivity index (χ1) is 29.6. The number of alkyl carbamates (subject to hydrolysis) is 2. The summed E-state index contributed by atoms with van der Waals surface area (Å²) in [7, 11) is 2.58. The minimum atomic E-state index is -0.890. The molecule has 4 atom stereocenters. The summed E-state index contributed by atoms with van der Waals surface area (Å²) in [5, 5.41) is 5.45. The summed E-state index contributed by atoms with van der Waals surface area (Å²) in [6.45, 7) is 5.35. The van der Waals surface area contributed by atoms with Crippen molar-refractivity contribution >= 4 is 24.0 Å². The Bertz CT molecular complexity index is 2500. The molecule has 3 aliphatic heterocycles. The molecule has 316 valence electrons. The zero-order valence-electron chi connectivity index (χ0n) is 34.7. The maximum absolute atomic E-state index is 14.0. The molecule has 5 heterocycles. The molecule has 0 spiro atoms. The zero-order valence-corrected chi connectivity index (χ0v) is 34.7. The van der Waals surface area contributed by atoms with Gasteiger partial charge >= 0.3 is 12.2 Å². The molecule has 2 fully saturated rings. The van der Waals surface area contributed by atoms with E-state index in [1.165, 1.54) is 19.8 Å². The average molecular weight is 827 g/mol. The van der Waals surface area contributed by atoms with Gasteiger partial charge in [-0.15, -0.1) is 0 Å². The lowest BCUT2D eigenvalue weighted by atomic mass is 9.86. The van der Waals surface area contributed by atoms with Crippen LogP contribution in [0.3, 0.4) is 0 Å². The largest absolute Gasteiger partial charge is 0.488 e. The van der Waals surface area contributed by atoms with Gasteiger partial charge in [0.2, 0.25) is 5.91 Å². The number of methoxy groups -OCH3 is 2. The second-order valence-electron chi connectivity index (χ2n) is 16.5. The third-order valence-electron chi connectivity index (χ3n) is 12.5. The van der Waals surface area contributed by atoms with Crippen LogP contribution in [0.1, 0.15) is 91.7 Å². The van der Waals surface area contributed by atoms with Crippen molar-refractivity contribution < 1.29 is 33.4 Å². The highest BCUT2D eigenvalue weighted by molar-refractivity contribution is 5.88. The molecule has 15 heteroatoms. The predicted molar refractivity (Wildman–Crippen MR) is 225 cm³/mol. The number of aromatic amines is 2. The summed E-state index contributed by atoms with van der Waals surface area (Å²) < 4.78 is 16.1. The SMILES string of the molecule is COC(=O)N[C@H](C(=O)N1CCC[C@H]1c1nc2c([nH]1)CCc1cc3c(cc1-2)OCc1cc(-c2cnc(C4CCCN4C(=O)[C@H](NC(=O)OC)c4ccccc4)[nH]2)ccc1-3)C(C)C. The number of aromatic nitrogens is 4. The van der Waals surface area contributed by atoms with E-state index in [2.05, 4.69) is 50.9 Å². The van der Waals surface area contributed by atoms with Crippen LogP contribution < -0.4 is 15.4 Å². The quantitative estimate of drug-likeness (QED) is 0.122. The Morgan fingerprint density at radius 3 is 2.25 bits per heavy atom. The van der Waals surface area contributed by atoms with Crippen LogP contribution in [0.15, 0.2) is 66.9 Å². The van der Waals surface area contributed by atoms with Crippen molar-refractivity contribution in [2.24, 2.45) is 5.92 Å². The number of aryl methyl sites for hydroxylation is 2. The first-order valence-electron chi connectivity index (χ1n) is 21.0. The van der Waals surface area contributed by atoms with Crippen molar-refractivity contribution in [3.05, 3.63) is 101 Å². The number of rotatable bonds is 9. The third-order valence-corrected chi connectivity index (χ3v) is 12.5. The van der Waals surface area contributed by atoms with E-state index in [1.54, 1.807) is 4.90 Å². The fourth-order valence-electron chi connectivity index (χ4n) is 9.37. The molecule has 4 aliphatic rings. The number of ether oxygens (including phenoxy) is 3. The van der Waals surface area contributed by atoms with Crippen molar-refractivity contribution in [1.82, 2.24) is 40.4 Å². The number of carbonyl (C=O) groups excluding carboxylic acids is 4. The minimum Gasteiger partial charge on any atom is -0.488 e. The van der Waals surface area contributed by atoms with Crippen LogP contribution in [0.2, 0.25) is 0 Å². The molecule has 0 radical (unpaired) electrons. The molecule has 2 saturated heterocycles. The smallest absolute Gasteiger partial charge is 0.407 e. The van der Waals surface area contributed by atoms with Gasteiger partial charge in [0.05, 0.1) is 43.9 Å². The first kappa shape index (κ1) is 39.8. The number of amides is 4. The number of carbonyl (C=O) groups is 4. The lowest BCUT2D eigenvalue weighted by Gasteiger charge is -2.30. The number of benzene rings is 3. The van der Waals surface area contributed by atoms with E-state index in [9.17, 15) is 19.2 Å². The van der Waals surface area contributed by atoms with Crippen molar-refractivity contribution in [3.63, 3.8) is 0 Å². The number of hydrogen-bond donors (Lipinski definition) is 4. The van der Waals surface area contributed by atoms with Gasteiger partial charge in [-0.2, -0.15) is 0 Å². The van der Waals surface area contributed by atoms with Gasteiger partial charge in [-0.25, -0.2) is 19.6 Å². The minimum absolute atomic E-state index is 0.114. The Morgan fingerprint density at radius 1 is 0.787 bits per heavy atom. The lowest BCUT2D eigenvalue weighted by molar-refractivity contribution is -0.135. The summed E-state index contributed by atoms with van der Waals surface area (Å²) in [6.07, 6.45) is 5.32. The average Bonchev–Trinajstić information content (AvgIpc) is 4.13. The fraction of sp³-hybridized carbons (Fsp3) is 0.391. The summed E-state index contributed by atoms with van der Waals surface area (Å²) in [6, 6.07) is 17.8.